The maximum atomic E-state index is 13.7. The van der Waals surface area contributed by atoms with Crippen molar-refractivity contribution < 1.29 is 14.3 Å². The number of carbonyl (C=O) groups excluding carboxylic acids is 1. The summed E-state index contributed by atoms with van der Waals surface area (Å²) in [7, 11) is 0. The van der Waals surface area contributed by atoms with Crippen LogP contribution in [0, 0.1) is 0 Å². The molecule has 2 aromatic carbocycles. The van der Waals surface area contributed by atoms with Crippen LogP contribution < -0.4 is 19.6 Å². The maximum Gasteiger partial charge on any atom is 0.338 e. The number of ether oxygens (including phenoxy) is 2. The standard InChI is InChI=1S/C29H26N2O4S/c1-4-34-28(33)26-18(2)30-29-31(23(26)15-14-20-10-6-5-7-11-20)27(32)25(36-29)17-22-16-21-12-8-9-13-24(21)35-19(22)3/h5-17,19,23H,4H2,1-3H3. The first-order valence-electron chi connectivity index (χ1n) is 11.9. The van der Waals surface area contributed by atoms with Gasteiger partial charge in [0.1, 0.15) is 11.9 Å². The van der Waals surface area contributed by atoms with Crippen LogP contribution in [0.1, 0.15) is 37.9 Å². The third-order valence-electron chi connectivity index (χ3n) is 6.14. The smallest absolute Gasteiger partial charge is 0.338 e. The van der Waals surface area contributed by atoms with Crippen LogP contribution in [-0.2, 0) is 9.53 Å². The molecule has 1 aromatic heterocycles. The molecule has 0 saturated heterocycles. The summed E-state index contributed by atoms with van der Waals surface area (Å²) < 4.78 is 13.5. The summed E-state index contributed by atoms with van der Waals surface area (Å²) in [5.74, 6) is 0.355. The second-order valence-electron chi connectivity index (χ2n) is 8.56. The number of hydrogen-bond acceptors (Lipinski definition) is 6. The van der Waals surface area contributed by atoms with E-state index in [1.807, 2.05) is 85.8 Å². The molecule has 0 aliphatic carbocycles. The summed E-state index contributed by atoms with van der Waals surface area (Å²) in [4.78, 5) is 31.8. The highest BCUT2D eigenvalue weighted by molar-refractivity contribution is 7.07. The molecule has 2 aliphatic rings. The minimum absolute atomic E-state index is 0.205. The molecule has 2 atom stereocenters. The molecule has 0 radical (unpaired) electrons. The minimum atomic E-state index is -0.627. The van der Waals surface area contributed by atoms with E-state index in [0.29, 0.717) is 20.6 Å². The Morgan fingerprint density at radius 2 is 1.92 bits per heavy atom. The van der Waals surface area contributed by atoms with Gasteiger partial charge < -0.3 is 9.47 Å². The number of allylic oxidation sites excluding steroid dienone is 2. The molecule has 182 valence electrons. The number of rotatable bonds is 5. The van der Waals surface area contributed by atoms with Crippen molar-refractivity contribution in [2.45, 2.75) is 32.9 Å². The maximum absolute atomic E-state index is 13.7. The molecule has 3 heterocycles. The van der Waals surface area contributed by atoms with Crippen molar-refractivity contribution in [3.8, 4) is 5.75 Å². The van der Waals surface area contributed by atoms with Gasteiger partial charge in [-0.25, -0.2) is 9.79 Å². The Bertz CT molecular complexity index is 1590. The van der Waals surface area contributed by atoms with Crippen LogP contribution in [0.3, 0.4) is 0 Å². The summed E-state index contributed by atoms with van der Waals surface area (Å²) in [6, 6.07) is 17.0. The second kappa shape index (κ2) is 9.95. The van der Waals surface area contributed by atoms with Crippen LogP contribution in [0.25, 0.3) is 18.2 Å². The normalized spacial score (nSPS) is 19.3. The molecule has 5 rings (SSSR count). The number of aromatic nitrogens is 1. The van der Waals surface area contributed by atoms with E-state index in [1.54, 1.807) is 18.4 Å². The molecule has 0 N–H and O–H groups in total. The van der Waals surface area contributed by atoms with Gasteiger partial charge in [-0.2, -0.15) is 0 Å². The fourth-order valence-electron chi connectivity index (χ4n) is 4.36. The van der Waals surface area contributed by atoms with Gasteiger partial charge in [0.05, 0.1) is 28.5 Å². The summed E-state index contributed by atoms with van der Waals surface area (Å²) >= 11 is 1.31. The highest BCUT2D eigenvalue weighted by Gasteiger charge is 2.30. The van der Waals surface area contributed by atoms with Crippen molar-refractivity contribution in [2.24, 2.45) is 4.99 Å². The minimum Gasteiger partial charge on any atom is -0.485 e. The average molecular weight is 499 g/mol. The van der Waals surface area contributed by atoms with Crippen molar-refractivity contribution >= 4 is 35.5 Å². The molecule has 36 heavy (non-hydrogen) atoms. The Hall–Kier alpha value is -3.97. The molecule has 3 aromatic rings. The van der Waals surface area contributed by atoms with Gasteiger partial charge in [0.2, 0.25) is 0 Å². The molecule has 2 aliphatic heterocycles. The first-order valence-corrected chi connectivity index (χ1v) is 12.7. The van der Waals surface area contributed by atoms with Crippen LogP contribution in [0.5, 0.6) is 5.75 Å². The first-order chi connectivity index (χ1) is 17.5. The van der Waals surface area contributed by atoms with Crippen molar-refractivity contribution in [1.82, 2.24) is 4.57 Å². The van der Waals surface area contributed by atoms with Crippen LogP contribution >= 0.6 is 11.3 Å². The molecule has 0 saturated carbocycles. The average Bonchev–Trinajstić information content (AvgIpc) is 3.17. The Labute approximate surface area is 212 Å². The SMILES string of the molecule is CCOC(=O)C1=C(C)N=c2sc(=CC3=Cc4ccccc4OC3C)c(=O)n2C1C=Cc1ccccc1. The summed E-state index contributed by atoms with van der Waals surface area (Å²) in [6.07, 6.45) is 7.48. The third-order valence-corrected chi connectivity index (χ3v) is 7.12. The lowest BCUT2D eigenvalue weighted by Gasteiger charge is -2.22. The number of carbonyl (C=O) groups is 1. The van der Waals surface area contributed by atoms with Gasteiger partial charge in [-0.05, 0) is 50.1 Å². The summed E-state index contributed by atoms with van der Waals surface area (Å²) in [6.45, 7) is 5.74. The van der Waals surface area contributed by atoms with Crippen molar-refractivity contribution in [3.05, 3.63) is 108 Å². The lowest BCUT2D eigenvalue weighted by atomic mass is 10.0. The lowest BCUT2D eigenvalue weighted by molar-refractivity contribution is -0.139. The zero-order chi connectivity index (χ0) is 25.2. The summed E-state index contributed by atoms with van der Waals surface area (Å²) in [5.41, 5.74) is 3.55. The topological polar surface area (TPSA) is 69.9 Å². The summed E-state index contributed by atoms with van der Waals surface area (Å²) in [5, 5.41) is 0. The zero-order valence-electron chi connectivity index (χ0n) is 20.3. The molecule has 6 nitrogen and oxygen atoms in total. The van der Waals surface area contributed by atoms with Crippen LogP contribution in [0.2, 0.25) is 0 Å². The first kappa shape index (κ1) is 23.8. The molecule has 2 unspecified atom stereocenters. The van der Waals surface area contributed by atoms with E-state index in [-0.39, 0.29) is 18.3 Å². The Morgan fingerprint density at radius 3 is 2.69 bits per heavy atom. The largest absolute Gasteiger partial charge is 0.485 e. The number of esters is 1. The van der Waals surface area contributed by atoms with Gasteiger partial charge >= 0.3 is 5.97 Å². The van der Waals surface area contributed by atoms with Gasteiger partial charge in [-0.15, -0.1) is 0 Å². The van der Waals surface area contributed by atoms with Gasteiger partial charge in [-0.1, -0.05) is 72.0 Å². The predicted octanol–water partition coefficient (Wildman–Crippen LogP) is 4.28. The van der Waals surface area contributed by atoms with Gasteiger partial charge in [0.25, 0.3) is 5.56 Å². The van der Waals surface area contributed by atoms with Crippen molar-refractivity contribution in [3.63, 3.8) is 0 Å². The second-order valence-corrected chi connectivity index (χ2v) is 9.57. The number of hydrogen-bond donors (Lipinski definition) is 0. The van der Waals surface area contributed by atoms with E-state index < -0.39 is 12.0 Å². The molecule has 0 spiro atoms. The number of fused-ring (bicyclic) bond motifs is 2. The number of benzene rings is 2. The van der Waals surface area contributed by atoms with Crippen LogP contribution in [-0.4, -0.2) is 23.2 Å². The third kappa shape index (κ3) is 4.50. The zero-order valence-corrected chi connectivity index (χ0v) is 21.1. The van der Waals surface area contributed by atoms with E-state index >= 15 is 0 Å². The van der Waals surface area contributed by atoms with Crippen molar-refractivity contribution in [1.29, 1.82) is 0 Å². The molecule has 0 fully saturated rings. The lowest BCUT2D eigenvalue weighted by Crippen LogP contribution is -2.38. The van der Waals surface area contributed by atoms with Crippen LogP contribution in [0.4, 0.5) is 0 Å². The van der Waals surface area contributed by atoms with Crippen LogP contribution in [0.15, 0.2) is 87.3 Å². The van der Waals surface area contributed by atoms with E-state index in [4.69, 9.17) is 9.47 Å². The van der Waals surface area contributed by atoms with Gasteiger partial charge in [-0.3, -0.25) is 9.36 Å². The fourth-order valence-corrected chi connectivity index (χ4v) is 5.41. The number of para-hydroxylation sites is 1. The Balaban J connectivity index is 1.64. The molecule has 0 amide bonds. The molecular weight excluding hydrogens is 472 g/mol. The molecule has 7 heteroatoms. The van der Waals surface area contributed by atoms with Gasteiger partial charge in [0, 0.05) is 5.56 Å². The monoisotopic (exact) mass is 498 g/mol. The quantitative estimate of drug-likeness (QED) is 0.493. The van der Waals surface area contributed by atoms with Crippen molar-refractivity contribution in [2.75, 3.05) is 6.61 Å². The molecule has 0 bridgehead atoms. The number of thiazole rings is 1. The van der Waals surface area contributed by atoms with Gasteiger partial charge in [0.15, 0.2) is 4.80 Å². The predicted molar refractivity (Wildman–Crippen MR) is 142 cm³/mol. The fraction of sp³-hybridized carbons (Fsp3) is 0.207. The molecular formula is C29H26N2O4S. The highest BCUT2D eigenvalue weighted by atomic mass is 32.1. The number of nitrogens with zero attached hydrogens (tertiary/aromatic N) is 2. The highest BCUT2D eigenvalue weighted by Crippen LogP contribution is 2.30. The van der Waals surface area contributed by atoms with E-state index in [2.05, 4.69) is 4.99 Å². The van der Waals surface area contributed by atoms with E-state index in [9.17, 15) is 9.59 Å². The Kier molecular flexibility index (Phi) is 6.57. The Morgan fingerprint density at radius 1 is 1.17 bits per heavy atom. The van der Waals surface area contributed by atoms with E-state index in [0.717, 1.165) is 22.4 Å². The van der Waals surface area contributed by atoms with E-state index in [1.165, 1.54) is 11.3 Å².